The summed E-state index contributed by atoms with van der Waals surface area (Å²) in [5.74, 6) is 0. The largest absolute Gasteiger partial charge is 0.297 e. The summed E-state index contributed by atoms with van der Waals surface area (Å²) >= 11 is 19.2. The number of halogens is 3. The predicted octanol–water partition coefficient (Wildman–Crippen LogP) is 6.77. The Kier molecular flexibility index (Phi) is 6.25. The summed E-state index contributed by atoms with van der Waals surface area (Å²) in [6, 6.07) is 31.5. The van der Waals surface area contributed by atoms with Crippen LogP contribution in [0.4, 0.5) is 0 Å². The van der Waals surface area contributed by atoms with E-state index in [1.54, 1.807) is 0 Å². The van der Waals surface area contributed by atoms with Crippen molar-refractivity contribution in [2.24, 2.45) is 0 Å². The highest BCUT2D eigenvalue weighted by Gasteiger charge is 2.40. The van der Waals surface area contributed by atoms with Crippen LogP contribution in [0.3, 0.4) is 0 Å². The molecule has 0 fully saturated rings. The zero-order chi connectivity index (χ0) is 21.2. The van der Waals surface area contributed by atoms with Crippen LogP contribution in [-0.2, 0) is 4.57 Å². The number of rotatable bonds is 5. The van der Waals surface area contributed by atoms with Crippen LogP contribution in [0.25, 0.3) is 10.8 Å². The van der Waals surface area contributed by atoms with Crippen molar-refractivity contribution in [2.45, 2.75) is 9.83 Å². The lowest BCUT2D eigenvalue weighted by Crippen LogP contribution is -2.36. The minimum absolute atomic E-state index is 0.649. The lowest BCUT2D eigenvalue weighted by atomic mass is 10.0. The third-order valence-electron chi connectivity index (χ3n) is 4.98. The second-order valence-corrected chi connectivity index (χ2v) is 11.9. The first-order valence-corrected chi connectivity index (χ1v) is 12.3. The molecule has 0 aliphatic carbocycles. The van der Waals surface area contributed by atoms with E-state index in [1.807, 2.05) is 103 Å². The molecule has 0 saturated heterocycles. The van der Waals surface area contributed by atoms with Gasteiger partial charge in [-0.1, -0.05) is 108 Å². The van der Waals surface area contributed by atoms with Gasteiger partial charge < -0.3 is 0 Å². The first-order chi connectivity index (χ1) is 14.4. The Bertz CT molecular complexity index is 1150. The maximum absolute atomic E-state index is 14.4. The molecule has 6 heteroatoms. The molecule has 0 radical (unpaired) electrons. The van der Waals surface area contributed by atoms with E-state index in [9.17, 15) is 4.57 Å². The van der Waals surface area contributed by atoms with Crippen molar-refractivity contribution in [3.8, 4) is 0 Å². The van der Waals surface area contributed by atoms with Crippen LogP contribution in [0.1, 0.15) is 11.6 Å². The summed E-state index contributed by atoms with van der Waals surface area (Å²) in [7, 11) is -3.31. The summed E-state index contributed by atoms with van der Waals surface area (Å²) in [6.45, 7) is 0. The van der Waals surface area contributed by atoms with Gasteiger partial charge in [-0.2, -0.15) is 0 Å². The Labute approximate surface area is 191 Å². The Hall–Kier alpha value is -1.80. The van der Waals surface area contributed by atoms with Crippen LogP contribution >= 0.6 is 42.1 Å². The molecule has 0 heterocycles. The van der Waals surface area contributed by atoms with Gasteiger partial charge in [0, 0.05) is 10.6 Å². The van der Waals surface area contributed by atoms with Crippen molar-refractivity contribution in [3.63, 3.8) is 0 Å². The Morgan fingerprint density at radius 1 is 0.667 bits per heavy atom. The van der Waals surface area contributed by atoms with Crippen LogP contribution in [0, 0.1) is 0 Å². The third-order valence-corrected chi connectivity index (χ3v) is 8.31. The van der Waals surface area contributed by atoms with Crippen LogP contribution in [0.5, 0.6) is 0 Å². The van der Waals surface area contributed by atoms with Crippen LogP contribution in [0.15, 0.2) is 103 Å². The van der Waals surface area contributed by atoms with Crippen LogP contribution in [0.2, 0.25) is 0 Å². The van der Waals surface area contributed by atoms with E-state index in [-0.39, 0.29) is 0 Å². The first kappa shape index (κ1) is 21.4. The van der Waals surface area contributed by atoms with Gasteiger partial charge in [0.05, 0.1) is 6.04 Å². The monoisotopic (exact) mass is 473 g/mol. The van der Waals surface area contributed by atoms with Gasteiger partial charge >= 0.3 is 0 Å². The zero-order valence-electron chi connectivity index (χ0n) is 15.9. The number of hydrogen-bond donors (Lipinski definition) is 1. The minimum atomic E-state index is -3.31. The van der Waals surface area contributed by atoms with Gasteiger partial charge in [0.1, 0.15) is 0 Å². The highest BCUT2D eigenvalue weighted by molar-refractivity contribution is 7.76. The van der Waals surface area contributed by atoms with Gasteiger partial charge in [0.15, 0.2) is 0 Å². The van der Waals surface area contributed by atoms with E-state index < -0.39 is 17.1 Å². The number of nitrogens with one attached hydrogen (secondary N) is 1. The summed E-state index contributed by atoms with van der Waals surface area (Å²) in [6.07, 6.45) is 0. The minimum Gasteiger partial charge on any atom is -0.297 e. The molecule has 0 bridgehead atoms. The molecule has 4 aromatic rings. The second-order valence-electron chi connectivity index (χ2n) is 6.99. The van der Waals surface area contributed by atoms with Crippen molar-refractivity contribution >= 4 is 63.5 Å². The maximum atomic E-state index is 14.4. The molecular weight excluding hydrogens is 456 g/mol. The average molecular weight is 475 g/mol. The van der Waals surface area contributed by atoms with E-state index in [0.29, 0.717) is 10.6 Å². The van der Waals surface area contributed by atoms with Gasteiger partial charge in [-0.05, 0) is 46.7 Å². The molecule has 0 spiro atoms. The fourth-order valence-electron chi connectivity index (χ4n) is 3.48. The van der Waals surface area contributed by atoms with Gasteiger partial charge in [0.2, 0.25) is 11.1 Å². The average Bonchev–Trinajstić information content (AvgIpc) is 2.77. The summed E-state index contributed by atoms with van der Waals surface area (Å²) in [5, 5.41) is 6.64. The molecule has 30 heavy (non-hydrogen) atoms. The highest BCUT2D eigenvalue weighted by atomic mass is 35.6. The predicted molar refractivity (Wildman–Crippen MR) is 130 cm³/mol. The zero-order valence-corrected chi connectivity index (χ0v) is 19.0. The number of alkyl halides is 3. The van der Waals surface area contributed by atoms with Gasteiger partial charge in [-0.15, -0.1) is 0 Å². The van der Waals surface area contributed by atoms with Crippen molar-refractivity contribution in [3.05, 3.63) is 109 Å². The maximum Gasteiger partial charge on any atom is 0.210 e. The standard InChI is InChI=1S/C24H19Cl3NOP/c25-24(26,27)23(20-16-15-18-9-7-8-10-19(18)17-20)28-30(29,21-11-3-1-4-12-21)22-13-5-2-6-14-22/h1-17,23H,(H,28,29). The molecule has 1 unspecified atom stereocenters. The van der Waals surface area contributed by atoms with Crippen molar-refractivity contribution < 1.29 is 4.57 Å². The van der Waals surface area contributed by atoms with Gasteiger partial charge in [-0.3, -0.25) is 4.57 Å². The lowest BCUT2D eigenvalue weighted by Gasteiger charge is -2.31. The molecule has 0 saturated carbocycles. The number of fused-ring (bicyclic) bond motifs is 1. The molecule has 2 nitrogen and oxygen atoms in total. The van der Waals surface area contributed by atoms with E-state index >= 15 is 0 Å². The molecular formula is C24H19Cl3NOP. The summed E-state index contributed by atoms with van der Waals surface area (Å²) < 4.78 is 12.7. The van der Waals surface area contributed by atoms with E-state index in [0.717, 1.165) is 16.3 Å². The topological polar surface area (TPSA) is 29.1 Å². The third kappa shape index (κ3) is 4.44. The molecule has 0 amide bonds. The highest BCUT2D eigenvalue weighted by Crippen LogP contribution is 2.49. The van der Waals surface area contributed by atoms with Crippen molar-refractivity contribution in [1.82, 2.24) is 5.09 Å². The van der Waals surface area contributed by atoms with Crippen molar-refractivity contribution in [2.75, 3.05) is 0 Å². The summed E-state index contributed by atoms with van der Waals surface area (Å²) in [5.41, 5.74) is 0.751. The molecule has 152 valence electrons. The van der Waals surface area contributed by atoms with Gasteiger partial charge in [0.25, 0.3) is 0 Å². The van der Waals surface area contributed by atoms with E-state index in [4.69, 9.17) is 34.8 Å². The molecule has 1 atom stereocenters. The smallest absolute Gasteiger partial charge is 0.210 e. The van der Waals surface area contributed by atoms with Gasteiger partial charge in [-0.25, -0.2) is 5.09 Å². The number of benzene rings is 4. The van der Waals surface area contributed by atoms with E-state index in [2.05, 4.69) is 5.09 Å². The lowest BCUT2D eigenvalue weighted by molar-refractivity contribution is 0.562. The SMILES string of the molecule is O=P(NC(c1ccc2ccccc2c1)C(Cl)(Cl)Cl)(c1ccccc1)c1ccccc1. The normalized spacial score (nSPS) is 13.3. The summed E-state index contributed by atoms with van der Waals surface area (Å²) in [4.78, 5) is 0. The quantitative estimate of drug-likeness (QED) is 0.255. The first-order valence-electron chi connectivity index (χ1n) is 9.42. The van der Waals surface area contributed by atoms with Crippen LogP contribution < -0.4 is 15.7 Å². The fraction of sp³-hybridized carbons (Fsp3) is 0.0833. The van der Waals surface area contributed by atoms with E-state index in [1.165, 1.54) is 0 Å². The Morgan fingerprint density at radius 3 is 1.70 bits per heavy atom. The molecule has 0 aliphatic heterocycles. The second kappa shape index (κ2) is 8.75. The van der Waals surface area contributed by atoms with Crippen molar-refractivity contribution in [1.29, 1.82) is 0 Å². The Morgan fingerprint density at radius 2 is 1.17 bits per heavy atom. The fourth-order valence-corrected chi connectivity index (χ4v) is 6.74. The molecule has 4 rings (SSSR count). The number of hydrogen-bond acceptors (Lipinski definition) is 1. The van der Waals surface area contributed by atoms with Crippen LogP contribution in [-0.4, -0.2) is 3.79 Å². The molecule has 1 N–H and O–H groups in total. The molecule has 0 aromatic heterocycles. The molecule has 0 aliphatic rings. The Balaban J connectivity index is 1.85. The molecule has 4 aromatic carbocycles.